The van der Waals surface area contributed by atoms with Crippen LogP contribution in [0.2, 0.25) is 0 Å². The molecule has 1 N–H and O–H groups in total. The highest BCUT2D eigenvalue weighted by molar-refractivity contribution is 5.82. The molecule has 2 heterocycles. The fourth-order valence-corrected chi connectivity index (χ4v) is 3.72. The fourth-order valence-electron chi connectivity index (χ4n) is 3.72. The Kier molecular flexibility index (Phi) is 4.51. The Hall–Kier alpha value is -2.24. The number of aryl methyl sites for hydroxylation is 1. The lowest BCUT2D eigenvalue weighted by molar-refractivity contribution is -0.122. The third kappa shape index (κ3) is 3.57. The molecule has 1 aliphatic heterocycles. The lowest BCUT2D eigenvalue weighted by Crippen LogP contribution is -2.28. The van der Waals surface area contributed by atoms with Crippen molar-refractivity contribution in [2.45, 2.75) is 51.0 Å². The zero-order chi connectivity index (χ0) is 17.2. The van der Waals surface area contributed by atoms with E-state index in [1.807, 2.05) is 0 Å². The van der Waals surface area contributed by atoms with E-state index in [0.717, 1.165) is 36.6 Å². The predicted octanol–water partition coefficient (Wildman–Crippen LogP) is 2.61. The lowest BCUT2D eigenvalue weighted by atomic mass is 10.1. The van der Waals surface area contributed by atoms with Crippen molar-refractivity contribution in [2.75, 3.05) is 6.54 Å². The average Bonchev–Trinajstić information content (AvgIpc) is 3.37. The van der Waals surface area contributed by atoms with Crippen LogP contribution in [0.5, 0.6) is 0 Å². The van der Waals surface area contributed by atoms with Gasteiger partial charge >= 0.3 is 0 Å². The first-order chi connectivity index (χ1) is 12.2. The molecule has 0 radical (unpaired) electrons. The van der Waals surface area contributed by atoms with Crippen LogP contribution in [0.25, 0.3) is 0 Å². The van der Waals surface area contributed by atoms with E-state index < -0.39 is 0 Å². The number of amides is 1. The molecule has 2 atom stereocenters. The molecule has 0 saturated heterocycles. The zero-order valence-electron chi connectivity index (χ0n) is 14.2. The highest BCUT2D eigenvalue weighted by Crippen LogP contribution is 2.47. The van der Waals surface area contributed by atoms with Crippen molar-refractivity contribution in [1.82, 2.24) is 20.1 Å². The standard InChI is InChI=1S/C19H23FN4O/c20-14-7-5-13(6-8-14)15-12-16(15)19(25)21-10-9-18-23-22-17-4-2-1-3-11-24(17)18/h5-8,15-16H,1-4,9-12H2,(H,21,25)/t15-,16+/m0/s1. The van der Waals surface area contributed by atoms with Crippen LogP contribution in [-0.4, -0.2) is 27.2 Å². The quantitative estimate of drug-likeness (QED) is 0.909. The van der Waals surface area contributed by atoms with Gasteiger partial charge in [0, 0.05) is 31.8 Å². The summed E-state index contributed by atoms with van der Waals surface area (Å²) < 4.78 is 15.2. The SMILES string of the molecule is O=C(NCCc1nnc2n1CCCCC2)[C@@H]1C[C@H]1c1ccc(F)cc1. The molecule has 1 saturated carbocycles. The number of halogens is 1. The Labute approximate surface area is 146 Å². The van der Waals surface area contributed by atoms with Crippen LogP contribution < -0.4 is 5.32 Å². The van der Waals surface area contributed by atoms with E-state index in [2.05, 4.69) is 20.1 Å². The Bertz CT molecular complexity index is 755. The van der Waals surface area contributed by atoms with Gasteiger partial charge in [0.05, 0.1) is 0 Å². The molecule has 1 fully saturated rings. The van der Waals surface area contributed by atoms with Crippen LogP contribution in [0.3, 0.4) is 0 Å². The van der Waals surface area contributed by atoms with Crippen LogP contribution in [0.1, 0.15) is 48.8 Å². The molecule has 5 nitrogen and oxygen atoms in total. The van der Waals surface area contributed by atoms with Gasteiger partial charge < -0.3 is 9.88 Å². The van der Waals surface area contributed by atoms with E-state index in [4.69, 9.17) is 0 Å². The summed E-state index contributed by atoms with van der Waals surface area (Å²) in [7, 11) is 0. The zero-order valence-corrected chi connectivity index (χ0v) is 14.2. The van der Waals surface area contributed by atoms with Crippen LogP contribution in [0.4, 0.5) is 4.39 Å². The third-order valence-corrected chi connectivity index (χ3v) is 5.26. The number of fused-ring (bicyclic) bond motifs is 1. The molecule has 1 aliphatic carbocycles. The van der Waals surface area contributed by atoms with Crippen molar-refractivity contribution < 1.29 is 9.18 Å². The Morgan fingerprint density at radius 2 is 2.04 bits per heavy atom. The minimum absolute atomic E-state index is 0.0148. The highest BCUT2D eigenvalue weighted by atomic mass is 19.1. The Morgan fingerprint density at radius 1 is 1.20 bits per heavy atom. The molecule has 1 amide bonds. The normalized spacial score (nSPS) is 22.1. The van der Waals surface area contributed by atoms with Crippen LogP contribution in [0, 0.1) is 11.7 Å². The van der Waals surface area contributed by atoms with E-state index >= 15 is 0 Å². The van der Waals surface area contributed by atoms with Crippen molar-refractivity contribution in [3.8, 4) is 0 Å². The molecule has 0 spiro atoms. The summed E-state index contributed by atoms with van der Waals surface area (Å²) in [5, 5.41) is 11.6. The van der Waals surface area contributed by atoms with E-state index in [-0.39, 0.29) is 23.6 Å². The number of hydrogen-bond acceptors (Lipinski definition) is 3. The summed E-state index contributed by atoms with van der Waals surface area (Å²) in [5.41, 5.74) is 1.05. The van der Waals surface area contributed by atoms with E-state index in [1.165, 1.54) is 31.4 Å². The molecule has 132 valence electrons. The maximum atomic E-state index is 13.0. The van der Waals surface area contributed by atoms with Gasteiger partial charge in [-0.3, -0.25) is 4.79 Å². The monoisotopic (exact) mass is 342 g/mol. The first kappa shape index (κ1) is 16.2. The molecule has 25 heavy (non-hydrogen) atoms. The number of nitrogens with zero attached hydrogens (tertiary/aromatic N) is 3. The number of aromatic nitrogens is 3. The molecule has 1 aromatic carbocycles. The highest BCUT2D eigenvalue weighted by Gasteiger charge is 2.43. The fraction of sp³-hybridized carbons (Fsp3) is 0.526. The summed E-state index contributed by atoms with van der Waals surface area (Å²) in [6.45, 7) is 1.57. The summed E-state index contributed by atoms with van der Waals surface area (Å²) >= 11 is 0. The topological polar surface area (TPSA) is 59.8 Å². The molecular formula is C19H23FN4O. The van der Waals surface area contributed by atoms with Crippen molar-refractivity contribution in [1.29, 1.82) is 0 Å². The Balaban J connectivity index is 1.28. The van der Waals surface area contributed by atoms with Crippen molar-refractivity contribution in [3.05, 3.63) is 47.3 Å². The summed E-state index contributed by atoms with van der Waals surface area (Å²) in [5.74, 6) is 2.15. The first-order valence-corrected chi connectivity index (χ1v) is 9.16. The number of rotatable bonds is 5. The van der Waals surface area contributed by atoms with Gasteiger partial charge in [0.1, 0.15) is 17.5 Å². The van der Waals surface area contributed by atoms with Crippen molar-refractivity contribution in [3.63, 3.8) is 0 Å². The molecule has 2 aromatic rings. The number of carbonyl (C=O) groups is 1. The second-order valence-electron chi connectivity index (χ2n) is 7.04. The minimum atomic E-state index is -0.238. The molecule has 6 heteroatoms. The van der Waals surface area contributed by atoms with Gasteiger partial charge in [-0.1, -0.05) is 18.6 Å². The van der Waals surface area contributed by atoms with Gasteiger partial charge in [0.25, 0.3) is 0 Å². The van der Waals surface area contributed by atoms with E-state index in [9.17, 15) is 9.18 Å². The average molecular weight is 342 g/mol. The number of hydrogen-bond donors (Lipinski definition) is 1. The predicted molar refractivity (Wildman–Crippen MR) is 91.5 cm³/mol. The smallest absolute Gasteiger partial charge is 0.223 e. The van der Waals surface area contributed by atoms with Gasteiger partial charge in [0.2, 0.25) is 5.91 Å². The molecule has 0 unspecified atom stereocenters. The first-order valence-electron chi connectivity index (χ1n) is 9.16. The van der Waals surface area contributed by atoms with E-state index in [0.29, 0.717) is 13.0 Å². The van der Waals surface area contributed by atoms with Gasteiger partial charge in [0.15, 0.2) is 0 Å². The van der Waals surface area contributed by atoms with Gasteiger partial charge in [-0.2, -0.15) is 0 Å². The summed E-state index contributed by atoms with van der Waals surface area (Å²) in [6.07, 6.45) is 6.16. The number of benzene rings is 1. The summed E-state index contributed by atoms with van der Waals surface area (Å²) in [4.78, 5) is 12.3. The largest absolute Gasteiger partial charge is 0.355 e. The number of nitrogens with one attached hydrogen (secondary N) is 1. The van der Waals surface area contributed by atoms with Gasteiger partial charge in [-0.25, -0.2) is 4.39 Å². The van der Waals surface area contributed by atoms with Crippen LogP contribution in [0.15, 0.2) is 24.3 Å². The molecule has 0 bridgehead atoms. The molecule has 2 aliphatic rings. The minimum Gasteiger partial charge on any atom is -0.355 e. The molecule has 4 rings (SSSR count). The van der Waals surface area contributed by atoms with E-state index in [1.54, 1.807) is 12.1 Å². The van der Waals surface area contributed by atoms with Gasteiger partial charge in [-0.15, -0.1) is 10.2 Å². The van der Waals surface area contributed by atoms with Crippen molar-refractivity contribution >= 4 is 5.91 Å². The Morgan fingerprint density at radius 3 is 2.88 bits per heavy atom. The lowest BCUT2D eigenvalue weighted by Gasteiger charge is -2.08. The van der Waals surface area contributed by atoms with Crippen LogP contribution >= 0.6 is 0 Å². The second kappa shape index (κ2) is 6.94. The molecule has 1 aromatic heterocycles. The molecular weight excluding hydrogens is 319 g/mol. The van der Waals surface area contributed by atoms with Crippen LogP contribution in [-0.2, 0) is 24.2 Å². The second-order valence-corrected chi connectivity index (χ2v) is 7.04. The van der Waals surface area contributed by atoms with Gasteiger partial charge in [-0.05, 0) is 42.9 Å². The summed E-state index contributed by atoms with van der Waals surface area (Å²) in [6, 6.07) is 6.47. The number of carbonyl (C=O) groups excluding carboxylic acids is 1. The maximum absolute atomic E-state index is 13.0. The third-order valence-electron chi connectivity index (χ3n) is 5.26. The maximum Gasteiger partial charge on any atom is 0.223 e. The van der Waals surface area contributed by atoms with Crippen molar-refractivity contribution in [2.24, 2.45) is 5.92 Å².